The molecule has 0 radical (unpaired) electrons. The molecule has 36 heavy (non-hydrogen) atoms. The lowest BCUT2D eigenvalue weighted by molar-refractivity contribution is -0.135. The van der Waals surface area contributed by atoms with Crippen molar-refractivity contribution in [2.75, 3.05) is 13.1 Å². The van der Waals surface area contributed by atoms with E-state index < -0.39 is 11.8 Å². The molecule has 2 aromatic carbocycles. The van der Waals surface area contributed by atoms with Crippen LogP contribution in [0.15, 0.2) is 42.5 Å². The SMILES string of the molecule is CC1(C)CCN(Cc2ccc(COc3cccc4c3CN([C@@]3(C)CCC(=O)NC3O)C4=O)cc2)CC1. The highest BCUT2D eigenvalue weighted by atomic mass is 16.5. The lowest BCUT2D eigenvalue weighted by Crippen LogP contribution is -2.63. The van der Waals surface area contributed by atoms with Gasteiger partial charge in [0.15, 0.2) is 0 Å². The molecule has 2 N–H and O–H groups in total. The minimum absolute atomic E-state index is 0.140. The van der Waals surface area contributed by atoms with Gasteiger partial charge < -0.3 is 20.1 Å². The molecule has 2 amide bonds. The molecule has 2 aromatic rings. The molecule has 7 nitrogen and oxygen atoms in total. The predicted octanol–water partition coefficient (Wildman–Crippen LogP) is 3.83. The molecule has 0 aromatic heterocycles. The van der Waals surface area contributed by atoms with Crippen LogP contribution in [0.25, 0.3) is 0 Å². The van der Waals surface area contributed by atoms with E-state index in [1.54, 1.807) is 11.0 Å². The van der Waals surface area contributed by atoms with Gasteiger partial charge in [-0.1, -0.05) is 44.2 Å². The van der Waals surface area contributed by atoms with Crippen LogP contribution in [0.4, 0.5) is 0 Å². The second-order valence-corrected chi connectivity index (χ2v) is 11.5. The molecule has 2 saturated heterocycles. The van der Waals surface area contributed by atoms with E-state index >= 15 is 0 Å². The van der Waals surface area contributed by atoms with Crippen LogP contribution in [0.3, 0.4) is 0 Å². The van der Waals surface area contributed by atoms with Crippen LogP contribution < -0.4 is 10.1 Å². The number of carbonyl (C=O) groups excluding carboxylic acids is 2. The molecule has 2 atom stereocenters. The number of aliphatic hydroxyl groups excluding tert-OH is 1. The molecule has 0 bridgehead atoms. The van der Waals surface area contributed by atoms with Gasteiger partial charge in [-0.3, -0.25) is 14.5 Å². The molecule has 0 aliphatic carbocycles. The summed E-state index contributed by atoms with van der Waals surface area (Å²) in [6, 6.07) is 14.1. The van der Waals surface area contributed by atoms with Crippen LogP contribution >= 0.6 is 0 Å². The summed E-state index contributed by atoms with van der Waals surface area (Å²) in [7, 11) is 0. The quantitative estimate of drug-likeness (QED) is 0.642. The van der Waals surface area contributed by atoms with Crippen LogP contribution in [-0.2, 0) is 24.5 Å². The van der Waals surface area contributed by atoms with Crippen LogP contribution in [0.2, 0.25) is 0 Å². The van der Waals surface area contributed by atoms with Gasteiger partial charge >= 0.3 is 0 Å². The Kier molecular flexibility index (Phi) is 6.55. The summed E-state index contributed by atoms with van der Waals surface area (Å²) < 4.78 is 6.19. The lowest BCUT2D eigenvalue weighted by atomic mass is 9.82. The number of rotatable bonds is 6. The van der Waals surface area contributed by atoms with Gasteiger partial charge in [0.2, 0.25) is 5.91 Å². The third kappa shape index (κ3) is 4.87. The summed E-state index contributed by atoms with van der Waals surface area (Å²) in [5, 5.41) is 13.1. The first-order chi connectivity index (χ1) is 17.1. The Morgan fingerprint density at radius 3 is 2.39 bits per heavy atom. The normalized spacial score (nSPS) is 26.0. The summed E-state index contributed by atoms with van der Waals surface area (Å²) >= 11 is 0. The number of hydrogen-bond acceptors (Lipinski definition) is 5. The van der Waals surface area contributed by atoms with Gasteiger partial charge in [0.25, 0.3) is 5.91 Å². The van der Waals surface area contributed by atoms with Crippen LogP contribution in [0.5, 0.6) is 5.75 Å². The Hall–Kier alpha value is -2.90. The highest BCUT2D eigenvalue weighted by molar-refractivity contribution is 5.99. The summed E-state index contributed by atoms with van der Waals surface area (Å²) in [5.41, 5.74) is 3.42. The summed E-state index contributed by atoms with van der Waals surface area (Å²) in [5.74, 6) is 0.346. The smallest absolute Gasteiger partial charge is 0.255 e. The topological polar surface area (TPSA) is 82.1 Å². The van der Waals surface area contributed by atoms with Crippen molar-refractivity contribution in [3.05, 3.63) is 64.7 Å². The number of amides is 2. The maximum absolute atomic E-state index is 13.2. The fourth-order valence-electron chi connectivity index (χ4n) is 5.49. The van der Waals surface area contributed by atoms with E-state index in [9.17, 15) is 14.7 Å². The van der Waals surface area contributed by atoms with Crippen molar-refractivity contribution >= 4 is 11.8 Å². The molecule has 3 aliphatic heterocycles. The molecule has 3 heterocycles. The second kappa shape index (κ2) is 9.52. The average molecular weight is 492 g/mol. The molecule has 7 heteroatoms. The Labute approximate surface area is 213 Å². The minimum Gasteiger partial charge on any atom is -0.489 e. The largest absolute Gasteiger partial charge is 0.489 e. The van der Waals surface area contributed by atoms with Crippen molar-refractivity contribution in [3.63, 3.8) is 0 Å². The molecular formula is C29H37N3O4. The third-order valence-electron chi connectivity index (χ3n) is 8.32. The van der Waals surface area contributed by atoms with Gasteiger partial charge in [-0.25, -0.2) is 0 Å². The molecule has 0 saturated carbocycles. The highest BCUT2D eigenvalue weighted by Crippen LogP contribution is 2.39. The fraction of sp³-hybridized carbons (Fsp3) is 0.517. The van der Waals surface area contributed by atoms with Gasteiger partial charge in [-0.05, 0) is 68.0 Å². The highest BCUT2D eigenvalue weighted by Gasteiger charge is 2.48. The standard InChI is InChI=1S/C29H37N3O4/c1-28(2)13-15-31(16-14-28)17-20-7-9-21(10-8-20)19-36-24-6-4-5-22-23(24)18-32(26(22)34)29(3)12-11-25(33)30-27(29)35/h4-10,27,35H,11-19H2,1-3H3,(H,30,33)/t27?,29-/m0/s1. The number of aliphatic hydroxyl groups is 1. The van der Waals surface area contributed by atoms with E-state index in [1.165, 1.54) is 18.4 Å². The zero-order valence-electron chi connectivity index (χ0n) is 21.5. The van der Waals surface area contributed by atoms with Crippen molar-refractivity contribution in [2.45, 2.75) is 77.9 Å². The molecule has 1 unspecified atom stereocenters. The molecular weight excluding hydrogens is 454 g/mol. The predicted molar refractivity (Wildman–Crippen MR) is 137 cm³/mol. The number of likely N-dealkylation sites (tertiary alicyclic amines) is 1. The minimum atomic E-state index is -1.10. The lowest BCUT2D eigenvalue weighted by Gasteiger charge is -2.45. The van der Waals surface area contributed by atoms with Crippen molar-refractivity contribution in [2.24, 2.45) is 5.41 Å². The second-order valence-electron chi connectivity index (χ2n) is 11.5. The molecule has 5 rings (SSSR count). The Morgan fingerprint density at radius 2 is 1.69 bits per heavy atom. The van der Waals surface area contributed by atoms with E-state index in [-0.39, 0.29) is 18.2 Å². The Bertz CT molecular complexity index is 1140. The monoisotopic (exact) mass is 491 g/mol. The molecule has 192 valence electrons. The number of carbonyl (C=O) groups is 2. The van der Waals surface area contributed by atoms with Crippen LogP contribution in [0.1, 0.15) is 73.5 Å². The number of fused-ring (bicyclic) bond motifs is 1. The van der Waals surface area contributed by atoms with Crippen molar-refractivity contribution in [3.8, 4) is 5.75 Å². The maximum atomic E-state index is 13.2. The first kappa shape index (κ1) is 24.8. The third-order valence-corrected chi connectivity index (χ3v) is 8.32. The van der Waals surface area contributed by atoms with Gasteiger partial charge in [-0.2, -0.15) is 0 Å². The van der Waals surface area contributed by atoms with Crippen LogP contribution in [-0.4, -0.2) is 51.6 Å². The molecule has 3 aliphatic rings. The number of benzene rings is 2. The first-order valence-electron chi connectivity index (χ1n) is 13.0. The van der Waals surface area contributed by atoms with E-state index in [0.717, 1.165) is 30.8 Å². The van der Waals surface area contributed by atoms with E-state index in [0.29, 0.717) is 36.3 Å². The summed E-state index contributed by atoms with van der Waals surface area (Å²) in [4.78, 5) is 29.1. The van der Waals surface area contributed by atoms with Crippen LogP contribution in [0, 0.1) is 5.41 Å². The zero-order chi connectivity index (χ0) is 25.5. The van der Waals surface area contributed by atoms with Gasteiger partial charge in [-0.15, -0.1) is 0 Å². The summed E-state index contributed by atoms with van der Waals surface area (Å²) in [6.45, 7) is 10.6. The molecule has 0 spiro atoms. The number of ether oxygens (including phenoxy) is 1. The van der Waals surface area contributed by atoms with Crippen molar-refractivity contribution in [1.82, 2.24) is 15.1 Å². The first-order valence-corrected chi connectivity index (χ1v) is 13.0. The maximum Gasteiger partial charge on any atom is 0.255 e. The van der Waals surface area contributed by atoms with Gasteiger partial charge in [0.05, 0.1) is 12.1 Å². The van der Waals surface area contributed by atoms with E-state index in [2.05, 4.69) is 48.3 Å². The number of hydrogen-bond donors (Lipinski definition) is 2. The van der Waals surface area contributed by atoms with Crippen molar-refractivity contribution < 1.29 is 19.4 Å². The number of piperidine rings is 2. The van der Waals surface area contributed by atoms with Gasteiger partial charge in [0, 0.05) is 24.1 Å². The summed E-state index contributed by atoms with van der Waals surface area (Å²) in [6.07, 6.45) is 2.08. The molecule has 2 fully saturated rings. The average Bonchev–Trinajstić information content (AvgIpc) is 3.20. The Balaban J connectivity index is 1.22. The number of nitrogens with zero attached hydrogens (tertiary/aromatic N) is 2. The number of nitrogens with one attached hydrogen (secondary N) is 1. The zero-order valence-corrected chi connectivity index (χ0v) is 21.5. The fourth-order valence-corrected chi connectivity index (χ4v) is 5.49. The van der Waals surface area contributed by atoms with E-state index in [1.807, 2.05) is 19.1 Å². The van der Waals surface area contributed by atoms with Crippen molar-refractivity contribution in [1.29, 1.82) is 0 Å². The Morgan fingerprint density at radius 1 is 1.00 bits per heavy atom. The van der Waals surface area contributed by atoms with E-state index in [4.69, 9.17) is 4.74 Å². The van der Waals surface area contributed by atoms with Gasteiger partial charge in [0.1, 0.15) is 18.6 Å².